The summed E-state index contributed by atoms with van der Waals surface area (Å²) in [5.74, 6) is 1.33. The minimum absolute atomic E-state index is 0.104. The zero-order valence-corrected chi connectivity index (χ0v) is 19.0. The Hall–Kier alpha value is -3.26. The maximum Gasteiger partial charge on any atom is 0.250 e. The van der Waals surface area contributed by atoms with Gasteiger partial charge in [0, 0.05) is 25.0 Å². The normalized spacial score (nSPS) is 19.5. The molecule has 0 radical (unpaired) electrons. The summed E-state index contributed by atoms with van der Waals surface area (Å²) in [6, 6.07) is 10.3. The number of aromatic nitrogens is 3. The fourth-order valence-electron chi connectivity index (χ4n) is 4.78. The Morgan fingerprint density at radius 2 is 1.94 bits per heavy atom. The first-order valence-electron chi connectivity index (χ1n) is 11.8. The van der Waals surface area contributed by atoms with E-state index in [2.05, 4.69) is 44.5 Å². The molecule has 1 amide bonds. The number of benzene rings is 1. The molecule has 2 aromatic heterocycles. The van der Waals surface area contributed by atoms with Crippen LogP contribution in [0, 0.1) is 0 Å². The molecule has 1 aliphatic carbocycles. The second-order valence-corrected chi connectivity index (χ2v) is 9.04. The molecule has 172 valence electrons. The third-order valence-corrected chi connectivity index (χ3v) is 6.60. The van der Waals surface area contributed by atoms with Gasteiger partial charge >= 0.3 is 0 Å². The lowest BCUT2D eigenvalue weighted by molar-refractivity contribution is 0.0526. The Kier molecular flexibility index (Phi) is 6.09. The second-order valence-electron chi connectivity index (χ2n) is 9.04. The van der Waals surface area contributed by atoms with Crippen molar-refractivity contribution < 1.29 is 9.53 Å². The van der Waals surface area contributed by atoms with Crippen LogP contribution in [-0.2, 0) is 4.74 Å². The number of carbonyl (C=O) groups excluding carboxylic acids is 1. The zero-order valence-electron chi connectivity index (χ0n) is 19.0. The van der Waals surface area contributed by atoms with E-state index in [1.165, 1.54) is 43.9 Å². The molecule has 8 heteroatoms. The van der Waals surface area contributed by atoms with E-state index in [4.69, 9.17) is 15.5 Å². The van der Waals surface area contributed by atoms with E-state index in [1.54, 1.807) is 6.07 Å². The summed E-state index contributed by atoms with van der Waals surface area (Å²) in [5, 5.41) is 4.09. The van der Waals surface area contributed by atoms with Crippen LogP contribution in [0.5, 0.6) is 0 Å². The number of primary amides is 1. The molecule has 3 heterocycles. The first-order valence-corrected chi connectivity index (χ1v) is 11.8. The Labute approximate surface area is 193 Å². The molecule has 33 heavy (non-hydrogen) atoms. The first kappa shape index (κ1) is 21.6. The highest BCUT2D eigenvalue weighted by atomic mass is 16.5. The summed E-state index contributed by atoms with van der Waals surface area (Å²) in [5.41, 5.74) is 8.67. The van der Waals surface area contributed by atoms with E-state index in [-0.39, 0.29) is 6.10 Å². The molecule has 1 aliphatic heterocycles. The Morgan fingerprint density at radius 1 is 1.15 bits per heavy atom. The standard InChI is InChI=1S/C25H30N6O2/c1-16-15-31(11-12-33-16)25-29-23-21(13-19(14-27-23)22(26)32)24(30-25)28-20-9-7-18(8-10-20)17-5-3-2-4-6-17/h7-10,13-14,16-17H,2-6,11-12,15H2,1H3,(H2,26,32)(H,27,28,29,30)/t16-/m1/s1. The van der Waals surface area contributed by atoms with Crippen LogP contribution in [-0.4, -0.2) is 46.7 Å². The molecule has 2 aliphatic rings. The number of morpholine rings is 1. The minimum atomic E-state index is -0.529. The third-order valence-electron chi connectivity index (χ3n) is 6.60. The number of amides is 1. The van der Waals surface area contributed by atoms with Crippen molar-refractivity contribution in [2.45, 2.75) is 51.0 Å². The van der Waals surface area contributed by atoms with Crippen molar-refractivity contribution in [3.63, 3.8) is 0 Å². The average molecular weight is 447 g/mol. The fraction of sp³-hybridized carbons (Fsp3) is 0.440. The number of nitrogens with two attached hydrogens (primary N) is 1. The number of anilines is 3. The molecule has 1 saturated carbocycles. The number of hydrogen-bond donors (Lipinski definition) is 2. The first-order chi connectivity index (χ1) is 16.1. The number of carbonyl (C=O) groups is 1. The van der Waals surface area contributed by atoms with Crippen molar-refractivity contribution in [1.29, 1.82) is 0 Å². The van der Waals surface area contributed by atoms with E-state index in [0.717, 1.165) is 5.69 Å². The van der Waals surface area contributed by atoms with E-state index in [0.29, 0.717) is 54.0 Å². The van der Waals surface area contributed by atoms with Crippen LogP contribution < -0.4 is 16.0 Å². The third kappa shape index (κ3) is 4.75. The van der Waals surface area contributed by atoms with Crippen molar-refractivity contribution in [3.8, 4) is 0 Å². The molecule has 5 rings (SSSR count). The van der Waals surface area contributed by atoms with Crippen LogP contribution >= 0.6 is 0 Å². The molecule has 0 spiro atoms. The van der Waals surface area contributed by atoms with Gasteiger partial charge in [-0.05, 0) is 49.4 Å². The van der Waals surface area contributed by atoms with Crippen molar-refractivity contribution in [3.05, 3.63) is 47.7 Å². The Balaban J connectivity index is 1.49. The van der Waals surface area contributed by atoms with Crippen molar-refractivity contribution in [2.75, 3.05) is 29.9 Å². The van der Waals surface area contributed by atoms with Crippen molar-refractivity contribution >= 4 is 34.4 Å². The fourth-order valence-corrected chi connectivity index (χ4v) is 4.78. The van der Waals surface area contributed by atoms with Crippen LogP contribution in [0.4, 0.5) is 17.5 Å². The van der Waals surface area contributed by atoms with Gasteiger partial charge in [-0.2, -0.15) is 9.97 Å². The highest BCUT2D eigenvalue weighted by Gasteiger charge is 2.22. The highest BCUT2D eigenvalue weighted by molar-refractivity contribution is 5.98. The van der Waals surface area contributed by atoms with Gasteiger partial charge in [-0.3, -0.25) is 4.79 Å². The molecule has 1 aromatic carbocycles. The number of pyridine rings is 1. The van der Waals surface area contributed by atoms with E-state index in [9.17, 15) is 4.79 Å². The molecular weight excluding hydrogens is 416 g/mol. The zero-order chi connectivity index (χ0) is 22.8. The predicted octanol–water partition coefficient (Wildman–Crippen LogP) is 4.14. The van der Waals surface area contributed by atoms with Gasteiger partial charge in [0.2, 0.25) is 11.9 Å². The second kappa shape index (κ2) is 9.31. The Morgan fingerprint density at radius 3 is 2.67 bits per heavy atom. The number of nitrogens with zero attached hydrogens (tertiary/aromatic N) is 4. The summed E-state index contributed by atoms with van der Waals surface area (Å²) in [6.07, 6.45) is 8.09. The monoisotopic (exact) mass is 446 g/mol. The Bertz CT molecular complexity index is 1140. The van der Waals surface area contributed by atoms with E-state index < -0.39 is 5.91 Å². The van der Waals surface area contributed by atoms with Crippen LogP contribution in [0.25, 0.3) is 11.0 Å². The van der Waals surface area contributed by atoms with Gasteiger partial charge in [0.15, 0.2) is 5.65 Å². The minimum Gasteiger partial charge on any atom is -0.375 e. The van der Waals surface area contributed by atoms with Gasteiger partial charge in [0.1, 0.15) is 5.82 Å². The predicted molar refractivity (Wildman–Crippen MR) is 129 cm³/mol. The molecule has 1 atom stereocenters. The van der Waals surface area contributed by atoms with Crippen LogP contribution in [0.2, 0.25) is 0 Å². The largest absolute Gasteiger partial charge is 0.375 e. The quantitative estimate of drug-likeness (QED) is 0.607. The summed E-state index contributed by atoms with van der Waals surface area (Å²) in [4.78, 5) is 27.8. The van der Waals surface area contributed by atoms with Crippen LogP contribution in [0.15, 0.2) is 36.5 Å². The number of fused-ring (bicyclic) bond motifs is 1. The van der Waals surface area contributed by atoms with Gasteiger partial charge in [-0.25, -0.2) is 4.98 Å². The van der Waals surface area contributed by atoms with Crippen molar-refractivity contribution in [2.24, 2.45) is 5.73 Å². The van der Waals surface area contributed by atoms with Gasteiger partial charge in [0.05, 0.1) is 23.7 Å². The number of hydrogen-bond acceptors (Lipinski definition) is 7. The lowest BCUT2D eigenvalue weighted by Crippen LogP contribution is -2.42. The lowest BCUT2D eigenvalue weighted by Gasteiger charge is -2.31. The molecule has 3 aromatic rings. The topological polar surface area (TPSA) is 106 Å². The van der Waals surface area contributed by atoms with E-state index in [1.807, 2.05) is 6.92 Å². The molecular formula is C25H30N6O2. The highest BCUT2D eigenvalue weighted by Crippen LogP contribution is 2.34. The number of rotatable bonds is 5. The summed E-state index contributed by atoms with van der Waals surface area (Å²) >= 11 is 0. The van der Waals surface area contributed by atoms with E-state index >= 15 is 0 Å². The summed E-state index contributed by atoms with van der Waals surface area (Å²) in [7, 11) is 0. The maximum absolute atomic E-state index is 11.8. The van der Waals surface area contributed by atoms with Gasteiger partial charge in [-0.1, -0.05) is 31.4 Å². The molecule has 0 unspecified atom stereocenters. The van der Waals surface area contributed by atoms with Gasteiger partial charge in [-0.15, -0.1) is 0 Å². The lowest BCUT2D eigenvalue weighted by atomic mass is 9.84. The molecule has 2 fully saturated rings. The van der Waals surface area contributed by atoms with Gasteiger partial charge in [0.25, 0.3) is 0 Å². The molecule has 3 N–H and O–H groups in total. The van der Waals surface area contributed by atoms with Crippen LogP contribution in [0.3, 0.4) is 0 Å². The molecule has 1 saturated heterocycles. The maximum atomic E-state index is 11.8. The number of ether oxygens (including phenoxy) is 1. The molecule has 8 nitrogen and oxygen atoms in total. The number of nitrogens with one attached hydrogen (secondary N) is 1. The SMILES string of the molecule is C[C@@H]1CN(c2nc(Nc3ccc(C4CCCCC4)cc3)c3cc(C(N)=O)cnc3n2)CCO1. The smallest absolute Gasteiger partial charge is 0.250 e. The van der Waals surface area contributed by atoms with Crippen molar-refractivity contribution in [1.82, 2.24) is 15.0 Å². The van der Waals surface area contributed by atoms with Crippen LogP contribution in [0.1, 0.15) is 60.9 Å². The summed E-state index contributed by atoms with van der Waals surface area (Å²) < 4.78 is 5.67. The average Bonchev–Trinajstić information content (AvgIpc) is 2.84. The molecule has 0 bridgehead atoms. The van der Waals surface area contributed by atoms with Gasteiger partial charge < -0.3 is 20.7 Å². The summed E-state index contributed by atoms with van der Waals surface area (Å²) in [6.45, 7) is 4.09.